The Balaban J connectivity index is 1.21. The number of carbonyl (C=O) groups excluding carboxylic acids is 1. The van der Waals surface area contributed by atoms with Gasteiger partial charge in [0.05, 0.1) is 22.5 Å². The van der Waals surface area contributed by atoms with Crippen molar-refractivity contribution in [3.05, 3.63) is 71.4 Å². The molecule has 2 unspecified atom stereocenters. The second kappa shape index (κ2) is 8.91. The number of carbonyl (C=O) groups is 1. The number of rotatable bonds is 5. The zero-order valence-corrected chi connectivity index (χ0v) is 23.4. The fourth-order valence-electron chi connectivity index (χ4n) is 7.11. The number of piperidine rings is 1. The molecule has 3 aliphatic rings. The van der Waals surface area contributed by atoms with Crippen LogP contribution in [0.2, 0.25) is 0 Å². The third-order valence-electron chi connectivity index (χ3n) is 9.74. The van der Waals surface area contributed by atoms with Crippen molar-refractivity contribution in [3.63, 3.8) is 0 Å². The molecule has 0 spiro atoms. The van der Waals surface area contributed by atoms with Crippen LogP contribution in [0.1, 0.15) is 47.2 Å². The molecule has 3 atom stereocenters. The van der Waals surface area contributed by atoms with Crippen molar-refractivity contribution >= 4 is 22.5 Å². The Morgan fingerprint density at radius 1 is 1.05 bits per heavy atom. The average molecular weight is 547 g/mol. The minimum atomic E-state index is 0.0473. The van der Waals surface area contributed by atoms with Crippen molar-refractivity contribution in [2.24, 2.45) is 17.6 Å². The number of fused-ring (bicyclic) bond motifs is 4. The standard InChI is InChI=1S/C33H34N6O2/c1-18-24(4-3-5-29(18)40)25-11-8-21-14-28(37(32(21)35-25)15-20-6-7-20)31-19(2)26-12-10-23(17-39(26)36-31)33(41)38-16-22-9-13-27(38)30(22)34/h3-5,8,10-12,14,17,20,22,27,30,40H,6-7,9,13,15-16,34H2,1-2H3/t22?,27?,30-/m1/s1. The van der Waals surface area contributed by atoms with E-state index in [-0.39, 0.29) is 23.7 Å². The fourth-order valence-corrected chi connectivity index (χ4v) is 7.11. The Morgan fingerprint density at radius 3 is 2.66 bits per heavy atom. The first kappa shape index (κ1) is 24.6. The molecule has 2 bridgehead atoms. The lowest BCUT2D eigenvalue weighted by atomic mass is 10.0. The Labute approximate surface area is 238 Å². The van der Waals surface area contributed by atoms with Crippen molar-refractivity contribution < 1.29 is 9.90 Å². The summed E-state index contributed by atoms with van der Waals surface area (Å²) in [6.07, 6.45) is 6.44. The van der Waals surface area contributed by atoms with Gasteiger partial charge in [-0.25, -0.2) is 9.50 Å². The van der Waals surface area contributed by atoms with E-state index in [2.05, 4.69) is 23.6 Å². The molecule has 1 aliphatic heterocycles. The molecule has 1 aromatic carbocycles. The van der Waals surface area contributed by atoms with Crippen molar-refractivity contribution in [1.82, 2.24) is 24.1 Å². The summed E-state index contributed by atoms with van der Waals surface area (Å²) in [5.74, 6) is 1.38. The molecule has 0 radical (unpaired) electrons. The van der Waals surface area contributed by atoms with Gasteiger partial charge in [-0.2, -0.15) is 5.10 Å². The van der Waals surface area contributed by atoms with Crippen LogP contribution in [0.5, 0.6) is 5.75 Å². The zero-order valence-electron chi connectivity index (χ0n) is 23.4. The smallest absolute Gasteiger partial charge is 0.255 e. The Hall–Kier alpha value is -4.17. The second-order valence-electron chi connectivity index (χ2n) is 12.3. The first-order valence-electron chi connectivity index (χ1n) is 14.7. The van der Waals surface area contributed by atoms with Crippen LogP contribution in [-0.2, 0) is 6.54 Å². The van der Waals surface area contributed by atoms with E-state index in [0.717, 1.165) is 76.3 Å². The minimum Gasteiger partial charge on any atom is -0.508 e. The molecule has 2 aliphatic carbocycles. The molecule has 5 aromatic rings. The zero-order chi connectivity index (χ0) is 28.0. The van der Waals surface area contributed by atoms with Crippen LogP contribution >= 0.6 is 0 Å². The summed E-state index contributed by atoms with van der Waals surface area (Å²) >= 11 is 0. The highest BCUT2D eigenvalue weighted by Gasteiger charge is 2.46. The predicted octanol–water partition coefficient (Wildman–Crippen LogP) is 5.31. The maximum absolute atomic E-state index is 13.5. The van der Waals surface area contributed by atoms with E-state index < -0.39 is 0 Å². The van der Waals surface area contributed by atoms with Gasteiger partial charge in [-0.05, 0) is 87.8 Å². The SMILES string of the molecule is Cc1c(O)cccc1-c1ccc2cc(-c3nn4cc(C(=O)N5CC6CCC5[C@@H]6N)ccc4c3C)n(CC3CC3)c2n1. The number of nitrogens with two attached hydrogens (primary N) is 1. The number of aryl methyl sites for hydroxylation is 1. The topological polar surface area (TPSA) is 102 Å². The molecule has 4 aromatic heterocycles. The number of phenolic OH excluding ortho intramolecular Hbond substituents is 1. The molecule has 208 valence electrons. The maximum atomic E-state index is 13.5. The van der Waals surface area contributed by atoms with Crippen LogP contribution in [0.25, 0.3) is 39.2 Å². The number of pyridine rings is 2. The predicted molar refractivity (Wildman–Crippen MR) is 159 cm³/mol. The Bertz CT molecular complexity index is 1860. The summed E-state index contributed by atoms with van der Waals surface area (Å²) < 4.78 is 4.18. The molecule has 41 heavy (non-hydrogen) atoms. The van der Waals surface area contributed by atoms with Crippen LogP contribution < -0.4 is 5.73 Å². The van der Waals surface area contributed by atoms with Crippen molar-refractivity contribution in [1.29, 1.82) is 0 Å². The van der Waals surface area contributed by atoms with Gasteiger partial charge in [0.2, 0.25) is 0 Å². The van der Waals surface area contributed by atoms with Gasteiger partial charge in [0.1, 0.15) is 17.1 Å². The van der Waals surface area contributed by atoms with E-state index in [1.807, 2.05) is 52.9 Å². The van der Waals surface area contributed by atoms with Crippen LogP contribution in [0.3, 0.4) is 0 Å². The normalized spacial score (nSPS) is 21.9. The van der Waals surface area contributed by atoms with Gasteiger partial charge in [-0.15, -0.1) is 0 Å². The minimum absolute atomic E-state index is 0.0473. The number of hydrogen-bond acceptors (Lipinski definition) is 5. The highest BCUT2D eigenvalue weighted by molar-refractivity contribution is 5.95. The molecule has 8 nitrogen and oxygen atoms in total. The molecule has 8 rings (SSSR count). The molecule has 3 fully saturated rings. The molecule has 1 saturated heterocycles. The fraction of sp³-hybridized carbons (Fsp3) is 0.364. The lowest BCUT2D eigenvalue weighted by Gasteiger charge is -2.27. The van der Waals surface area contributed by atoms with Crippen LogP contribution in [0, 0.1) is 25.7 Å². The Morgan fingerprint density at radius 2 is 1.90 bits per heavy atom. The third-order valence-corrected chi connectivity index (χ3v) is 9.74. The number of likely N-dealkylation sites (tertiary alicyclic amines) is 1. The number of nitrogens with zero attached hydrogens (tertiary/aromatic N) is 5. The number of aromatic nitrogens is 4. The maximum Gasteiger partial charge on any atom is 0.255 e. The van der Waals surface area contributed by atoms with Crippen LogP contribution in [-0.4, -0.2) is 53.7 Å². The van der Waals surface area contributed by atoms with E-state index in [4.69, 9.17) is 15.8 Å². The van der Waals surface area contributed by atoms with Crippen LogP contribution in [0.15, 0.2) is 54.7 Å². The number of hydrogen-bond donors (Lipinski definition) is 2. The highest BCUT2D eigenvalue weighted by atomic mass is 16.3. The van der Waals surface area contributed by atoms with E-state index in [1.165, 1.54) is 12.8 Å². The van der Waals surface area contributed by atoms with Crippen molar-refractivity contribution in [3.8, 4) is 28.4 Å². The van der Waals surface area contributed by atoms with E-state index in [1.54, 1.807) is 6.07 Å². The molecule has 5 heterocycles. The van der Waals surface area contributed by atoms with Crippen molar-refractivity contribution in [2.45, 2.75) is 58.2 Å². The number of amides is 1. The van der Waals surface area contributed by atoms with E-state index in [0.29, 0.717) is 17.4 Å². The second-order valence-corrected chi connectivity index (χ2v) is 12.3. The Kier molecular flexibility index (Phi) is 5.35. The summed E-state index contributed by atoms with van der Waals surface area (Å²) in [5, 5.41) is 16.4. The molecular formula is C33H34N6O2. The van der Waals surface area contributed by atoms with Gasteiger partial charge >= 0.3 is 0 Å². The summed E-state index contributed by atoms with van der Waals surface area (Å²) in [6.45, 7) is 5.67. The monoisotopic (exact) mass is 546 g/mol. The first-order chi connectivity index (χ1) is 19.9. The van der Waals surface area contributed by atoms with Gasteiger partial charge in [0.15, 0.2) is 0 Å². The third kappa shape index (κ3) is 3.80. The van der Waals surface area contributed by atoms with Gasteiger partial charge < -0.3 is 20.3 Å². The van der Waals surface area contributed by atoms with Gasteiger partial charge in [0.25, 0.3) is 5.91 Å². The number of phenols is 1. The van der Waals surface area contributed by atoms with Gasteiger partial charge in [-0.1, -0.05) is 12.1 Å². The molecule has 8 heteroatoms. The summed E-state index contributed by atoms with van der Waals surface area (Å²) in [6, 6.07) is 16.1. The summed E-state index contributed by atoms with van der Waals surface area (Å²) in [7, 11) is 0. The van der Waals surface area contributed by atoms with E-state index >= 15 is 0 Å². The number of aromatic hydroxyl groups is 1. The molecule has 1 amide bonds. The van der Waals surface area contributed by atoms with Gasteiger partial charge in [-0.3, -0.25) is 4.79 Å². The lowest BCUT2D eigenvalue weighted by molar-refractivity contribution is 0.0700. The summed E-state index contributed by atoms with van der Waals surface area (Å²) in [5.41, 5.74) is 14.6. The van der Waals surface area contributed by atoms with Crippen molar-refractivity contribution in [2.75, 3.05) is 6.54 Å². The average Bonchev–Trinajstić information content (AvgIpc) is 3.39. The number of benzene rings is 1. The molecule has 3 N–H and O–H groups in total. The molecular weight excluding hydrogens is 512 g/mol. The highest BCUT2D eigenvalue weighted by Crippen LogP contribution is 2.39. The largest absolute Gasteiger partial charge is 0.508 e. The quantitative estimate of drug-likeness (QED) is 0.311. The first-order valence-corrected chi connectivity index (χ1v) is 14.7. The lowest BCUT2D eigenvalue weighted by Crippen LogP contribution is -2.41. The van der Waals surface area contributed by atoms with E-state index in [9.17, 15) is 9.90 Å². The van der Waals surface area contributed by atoms with Crippen LogP contribution in [0.4, 0.5) is 0 Å². The summed E-state index contributed by atoms with van der Waals surface area (Å²) in [4.78, 5) is 20.6. The van der Waals surface area contributed by atoms with Gasteiger partial charge in [0, 0.05) is 53.4 Å². The molecule has 2 saturated carbocycles.